The summed E-state index contributed by atoms with van der Waals surface area (Å²) in [6.45, 7) is 4.33. The first-order valence-corrected chi connectivity index (χ1v) is 8.09. The van der Waals surface area contributed by atoms with Crippen LogP contribution in [0, 0.1) is 18.3 Å². The zero-order valence-electron chi connectivity index (χ0n) is 13.1. The Morgan fingerprint density at radius 2 is 1.73 bits per heavy atom. The third-order valence-electron chi connectivity index (χ3n) is 4.46. The number of hydrogen-bond acceptors (Lipinski definition) is 2. The van der Waals surface area contributed by atoms with Crippen molar-refractivity contribution in [2.24, 2.45) is 0 Å². The smallest absolute Gasteiger partial charge is 0.0982 e. The maximum absolute atomic E-state index is 9.76. The molecule has 1 saturated heterocycles. The van der Waals surface area contributed by atoms with Gasteiger partial charge in [0.05, 0.1) is 12.0 Å². The molecule has 112 valence electrons. The zero-order chi connectivity index (χ0) is 15.4. The number of benzene rings is 2. The molecule has 0 aliphatic carbocycles. The van der Waals surface area contributed by atoms with Gasteiger partial charge in [-0.2, -0.15) is 5.26 Å². The lowest BCUT2D eigenvalue weighted by Gasteiger charge is -2.32. The van der Waals surface area contributed by atoms with Crippen molar-refractivity contribution in [3.05, 3.63) is 65.2 Å². The first-order chi connectivity index (χ1) is 10.8. The van der Waals surface area contributed by atoms with Crippen molar-refractivity contribution in [3.8, 4) is 6.07 Å². The maximum atomic E-state index is 9.76. The van der Waals surface area contributed by atoms with Gasteiger partial charge in [0, 0.05) is 18.8 Å². The Hall–Kier alpha value is -2.27. The number of nitriles is 1. The predicted molar refractivity (Wildman–Crippen MR) is 91.1 cm³/mol. The number of hydrogen-bond donors (Lipinski definition) is 0. The van der Waals surface area contributed by atoms with Gasteiger partial charge >= 0.3 is 0 Å². The average Bonchev–Trinajstić information content (AvgIpc) is 2.58. The van der Waals surface area contributed by atoms with Crippen molar-refractivity contribution in [2.45, 2.75) is 32.1 Å². The summed E-state index contributed by atoms with van der Waals surface area (Å²) < 4.78 is 0. The van der Waals surface area contributed by atoms with Crippen molar-refractivity contribution in [2.75, 3.05) is 18.0 Å². The molecule has 3 rings (SSSR count). The largest absolute Gasteiger partial charge is 0.371 e. The van der Waals surface area contributed by atoms with Crippen molar-refractivity contribution in [1.82, 2.24) is 0 Å². The van der Waals surface area contributed by atoms with E-state index in [0.717, 1.165) is 24.2 Å². The summed E-state index contributed by atoms with van der Waals surface area (Å²) in [5.74, 6) is -0.196. The van der Waals surface area contributed by atoms with Gasteiger partial charge in [-0.05, 0) is 48.9 Å². The fourth-order valence-electron chi connectivity index (χ4n) is 3.28. The highest BCUT2D eigenvalue weighted by molar-refractivity contribution is 5.60. The van der Waals surface area contributed by atoms with E-state index in [1.54, 1.807) is 0 Å². The van der Waals surface area contributed by atoms with Gasteiger partial charge in [0.2, 0.25) is 0 Å². The first kappa shape index (κ1) is 14.7. The van der Waals surface area contributed by atoms with Crippen LogP contribution < -0.4 is 4.90 Å². The molecule has 0 amide bonds. The number of aryl methyl sites for hydroxylation is 1. The number of anilines is 1. The molecule has 1 atom stereocenters. The maximum Gasteiger partial charge on any atom is 0.0982 e. The highest BCUT2D eigenvalue weighted by atomic mass is 15.1. The van der Waals surface area contributed by atoms with Crippen LogP contribution in [0.4, 0.5) is 5.69 Å². The van der Waals surface area contributed by atoms with Crippen LogP contribution in [0.2, 0.25) is 0 Å². The van der Waals surface area contributed by atoms with E-state index < -0.39 is 0 Å². The van der Waals surface area contributed by atoms with Crippen LogP contribution in [-0.4, -0.2) is 13.1 Å². The molecule has 1 heterocycles. The summed E-state index contributed by atoms with van der Waals surface area (Å²) in [6.07, 6.45) is 3.81. The lowest BCUT2D eigenvalue weighted by atomic mass is 9.90. The van der Waals surface area contributed by atoms with Gasteiger partial charge in [-0.15, -0.1) is 0 Å². The topological polar surface area (TPSA) is 27.0 Å². The normalized spacial score (nSPS) is 16.1. The molecule has 1 fully saturated rings. The standard InChI is InChI=1S/C20H22N2/c1-16-10-11-18(19(15-21)17-8-4-2-5-9-17)20(14-16)22-12-6-3-7-13-22/h2,4-5,8-11,14,19H,3,6-7,12-13H2,1H3. The minimum Gasteiger partial charge on any atom is -0.371 e. The van der Waals surface area contributed by atoms with Crippen LogP contribution in [0.25, 0.3) is 0 Å². The lowest BCUT2D eigenvalue weighted by molar-refractivity contribution is 0.576. The van der Waals surface area contributed by atoms with E-state index in [2.05, 4.69) is 36.1 Å². The molecule has 0 saturated carbocycles. The molecule has 1 unspecified atom stereocenters. The van der Waals surface area contributed by atoms with Gasteiger partial charge in [0.15, 0.2) is 0 Å². The quantitative estimate of drug-likeness (QED) is 0.823. The van der Waals surface area contributed by atoms with Crippen molar-refractivity contribution in [3.63, 3.8) is 0 Å². The predicted octanol–water partition coefficient (Wildman–Crippen LogP) is 4.64. The molecule has 22 heavy (non-hydrogen) atoms. The monoisotopic (exact) mass is 290 g/mol. The van der Waals surface area contributed by atoms with Gasteiger partial charge in [-0.1, -0.05) is 42.5 Å². The second-order valence-corrected chi connectivity index (χ2v) is 6.08. The Morgan fingerprint density at radius 3 is 2.41 bits per heavy atom. The lowest BCUT2D eigenvalue weighted by Crippen LogP contribution is -2.30. The summed E-state index contributed by atoms with van der Waals surface area (Å²) in [5, 5.41) is 9.76. The molecule has 1 aliphatic rings. The summed E-state index contributed by atoms with van der Waals surface area (Å²) in [7, 11) is 0. The SMILES string of the molecule is Cc1ccc(C(C#N)c2ccccc2)c(N2CCCCC2)c1. The Kier molecular flexibility index (Phi) is 4.44. The fourth-order valence-corrected chi connectivity index (χ4v) is 3.28. The molecule has 0 radical (unpaired) electrons. The van der Waals surface area contributed by atoms with E-state index in [-0.39, 0.29) is 5.92 Å². The molecule has 0 bridgehead atoms. The van der Waals surface area contributed by atoms with Gasteiger partial charge in [0.25, 0.3) is 0 Å². The molecule has 2 heteroatoms. The van der Waals surface area contributed by atoms with E-state index in [9.17, 15) is 5.26 Å². The van der Waals surface area contributed by atoms with Gasteiger partial charge in [-0.3, -0.25) is 0 Å². The molecule has 2 aromatic carbocycles. The second kappa shape index (κ2) is 6.66. The molecular formula is C20H22N2. The van der Waals surface area contributed by atoms with Crippen molar-refractivity contribution >= 4 is 5.69 Å². The highest BCUT2D eigenvalue weighted by Crippen LogP contribution is 2.34. The zero-order valence-corrected chi connectivity index (χ0v) is 13.1. The van der Waals surface area contributed by atoms with Crippen LogP contribution in [0.15, 0.2) is 48.5 Å². The van der Waals surface area contributed by atoms with Crippen LogP contribution in [0.3, 0.4) is 0 Å². The molecule has 1 aliphatic heterocycles. The van der Waals surface area contributed by atoms with Crippen molar-refractivity contribution < 1.29 is 0 Å². The van der Waals surface area contributed by atoms with Crippen LogP contribution >= 0.6 is 0 Å². The number of piperidine rings is 1. The average molecular weight is 290 g/mol. The Bertz CT molecular complexity index is 664. The summed E-state index contributed by atoms with van der Waals surface area (Å²) in [6, 6.07) is 19.1. The fraction of sp³-hybridized carbons (Fsp3) is 0.350. The summed E-state index contributed by atoms with van der Waals surface area (Å²) in [4.78, 5) is 2.46. The summed E-state index contributed by atoms with van der Waals surface area (Å²) >= 11 is 0. The number of nitrogens with zero attached hydrogens (tertiary/aromatic N) is 2. The Balaban J connectivity index is 2.03. The van der Waals surface area contributed by atoms with E-state index in [0.29, 0.717) is 0 Å². The third-order valence-corrected chi connectivity index (χ3v) is 4.46. The molecule has 0 spiro atoms. The van der Waals surface area contributed by atoms with E-state index >= 15 is 0 Å². The van der Waals surface area contributed by atoms with Crippen LogP contribution in [-0.2, 0) is 0 Å². The van der Waals surface area contributed by atoms with Crippen molar-refractivity contribution in [1.29, 1.82) is 5.26 Å². The number of rotatable bonds is 3. The molecule has 0 N–H and O–H groups in total. The Morgan fingerprint density at radius 1 is 1.00 bits per heavy atom. The van der Waals surface area contributed by atoms with E-state index in [1.165, 1.54) is 30.5 Å². The molecule has 2 nitrogen and oxygen atoms in total. The summed E-state index contributed by atoms with van der Waals surface area (Å²) in [5.41, 5.74) is 4.72. The third kappa shape index (κ3) is 2.99. The Labute approximate surface area is 133 Å². The highest BCUT2D eigenvalue weighted by Gasteiger charge is 2.21. The van der Waals surface area contributed by atoms with Gasteiger partial charge in [-0.25, -0.2) is 0 Å². The minimum atomic E-state index is -0.196. The molecule has 2 aromatic rings. The molecule has 0 aromatic heterocycles. The van der Waals surface area contributed by atoms with E-state index in [1.807, 2.05) is 30.3 Å². The molecular weight excluding hydrogens is 268 g/mol. The van der Waals surface area contributed by atoms with Gasteiger partial charge < -0.3 is 4.90 Å². The van der Waals surface area contributed by atoms with Crippen LogP contribution in [0.1, 0.15) is 41.9 Å². The van der Waals surface area contributed by atoms with E-state index in [4.69, 9.17) is 0 Å². The van der Waals surface area contributed by atoms with Gasteiger partial charge in [0.1, 0.15) is 0 Å². The first-order valence-electron chi connectivity index (χ1n) is 8.09. The minimum absolute atomic E-state index is 0.196. The second-order valence-electron chi connectivity index (χ2n) is 6.08. The van der Waals surface area contributed by atoms with Crippen LogP contribution in [0.5, 0.6) is 0 Å².